The van der Waals surface area contributed by atoms with Crippen LogP contribution in [0.15, 0.2) is 36.5 Å². The largest absolute Gasteiger partial charge is 0.317 e. The molecule has 4 rings (SSSR count). The molecule has 2 N–H and O–H groups in total. The number of likely N-dealkylation sites (N-methyl/N-ethyl adjacent to an activating group) is 1. The van der Waals surface area contributed by atoms with E-state index in [1.807, 2.05) is 36.5 Å². The minimum atomic E-state index is -0.277. The van der Waals surface area contributed by atoms with Crippen LogP contribution in [-0.2, 0) is 4.79 Å². The predicted molar refractivity (Wildman–Crippen MR) is 121 cm³/mol. The highest BCUT2D eigenvalue weighted by atomic mass is 35.5. The van der Waals surface area contributed by atoms with Crippen molar-refractivity contribution in [3.05, 3.63) is 47.0 Å². The first-order valence-electron chi connectivity index (χ1n) is 10.2. The molecule has 1 amide bonds. The molecule has 2 aromatic rings. The van der Waals surface area contributed by atoms with Gasteiger partial charge in [0.2, 0.25) is 5.91 Å². The molecule has 8 heteroatoms. The van der Waals surface area contributed by atoms with Crippen molar-refractivity contribution in [2.75, 3.05) is 51.6 Å². The Morgan fingerprint density at radius 2 is 1.86 bits per heavy atom. The fourth-order valence-corrected chi connectivity index (χ4v) is 5.04. The quantitative estimate of drug-likeness (QED) is 0.756. The Kier molecular flexibility index (Phi) is 8.03. The van der Waals surface area contributed by atoms with Gasteiger partial charge in [0, 0.05) is 37.3 Å². The summed E-state index contributed by atoms with van der Waals surface area (Å²) < 4.78 is 0. The Labute approximate surface area is 183 Å². The van der Waals surface area contributed by atoms with Crippen molar-refractivity contribution in [2.45, 2.75) is 24.8 Å². The van der Waals surface area contributed by atoms with E-state index in [4.69, 9.17) is 0 Å². The molecule has 0 aliphatic carbocycles. The normalized spacial score (nSPS) is 20.0. The van der Waals surface area contributed by atoms with Crippen LogP contribution in [0.4, 0.5) is 5.13 Å². The van der Waals surface area contributed by atoms with E-state index in [9.17, 15) is 4.79 Å². The summed E-state index contributed by atoms with van der Waals surface area (Å²) in [5, 5.41) is 7.22. The van der Waals surface area contributed by atoms with E-state index < -0.39 is 0 Å². The van der Waals surface area contributed by atoms with Gasteiger partial charge in [0.25, 0.3) is 0 Å². The molecule has 3 heterocycles. The summed E-state index contributed by atoms with van der Waals surface area (Å²) in [6, 6.07) is 9.82. The van der Waals surface area contributed by atoms with Gasteiger partial charge in [-0.05, 0) is 44.5 Å². The summed E-state index contributed by atoms with van der Waals surface area (Å²) >= 11 is 1.63. The van der Waals surface area contributed by atoms with Gasteiger partial charge in [-0.15, -0.1) is 23.7 Å². The van der Waals surface area contributed by atoms with E-state index in [0.717, 1.165) is 57.7 Å². The second-order valence-corrected chi connectivity index (χ2v) is 8.80. The zero-order valence-electron chi connectivity index (χ0n) is 16.8. The second kappa shape index (κ2) is 10.5. The highest BCUT2D eigenvalue weighted by molar-refractivity contribution is 7.15. The first kappa shape index (κ1) is 22.2. The molecule has 2 saturated heterocycles. The Bertz CT molecular complexity index is 772. The van der Waals surface area contributed by atoms with Crippen LogP contribution < -0.4 is 10.6 Å². The number of benzene rings is 1. The number of nitrogens with one attached hydrogen (secondary N) is 2. The van der Waals surface area contributed by atoms with Crippen molar-refractivity contribution in [1.82, 2.24) is 20.1 Å². The van der Waals surface area contributed by atoms with Gasteiger partial charge >= 0.3 is 0 Å². The van der Waals surface area contributed by atoms with Crippen LogP contribution in [0, 0.1) is 0 Å². The lowest BCUT2D eigenvalue weighted by atomic mass is 9.97. The molecule has 1 aromatic carbocycles. The van der Waals surface area contributed by atoms with Crippen LogP contribution >= 0.6 is 23.7 Å². The standard InChI is InChI=1S/C21H29N5OS.ClH/c1-25-11-13-26(14-12-25)19(17-5-3-2-4-6-17)20(27)24-21-23-15-18(28-21)16-7-9-22-10-8-16;/h2-6,15-16,19,22H,7-14H2,1H3,(H,23,24,27);1H. The van der Waals surface area contributed by atoms with E-state index in [2.05, 4.69) is 32.5 Å². The average molecular weight is 436 g/mol. The SMILES string of the molecule is CN1CCN(C(C(=O)Nc2ncc(C3CCNCC3)s2)c2ccccc2)CC1.Cl. The van der Waals surface area contributed by atoms with Crippen LogP contribution in [0.25, 0.3) is 0 Å². The predicted octanol–water partition coefficient (Wildman–Crippen LogP) is 2.96. The van der Waals surface area contributed by atoms with Crippen molar-refractivity contribution in [2.24, 2.45) is 0 Å². The Morgan fingerprint density at radius 3 is 2.55 bits per heavy atom. The molecule has 1 aromatic heterocycles. The van der Waals surface area contributed by atoms with Gasteiger partial charge in [0.05, 0.1) is 0 Å². The van der Waals surface area contributed by atoms with Gasteiger partial charge in [0.15, 0.2) is 5.13 Å². The van der Waals surface area contributed by atoms with Gasteiger partial charge in [-0.2, -0.15) is 0 Å². The highest BCUT2D eigenvalue weighted by Crippen LogP contribution is 2.32. The third-order valence-corrected chi connectivity index (χ3v) is 6.84. The molecule has 0 bridgehead atoms. The van der Waals surface area contributed by atoms with Crippen LogP contribution in [-0.4, -0.2) is 67.0 Å². The molecule has 1 unspecified atom stereocenters. The fraction of sp³-hybridized carbons (Fsp3) is 0.524. The smallest absolute Gasteiger partial charge is 0.248 e. The van der Waals surface area contributed by atoms with Crippen LogP contribution in [0.5, 0.6) is 0 Å². The van der Waals surface area contributed by atoms with E-state index in [-0.39, 0.29) is 24.4 Å². The molecule has 1 atom stereocenters. The highest BCUT2D eigenvalue weighted by Gasteiger charge is 2.30. The first-order valence-corrected chi connectivity index (χ1v) is 11.0. The molecule has 6 nitrogen and oxygen atoms in total. The summed E-state index contributed by atoms with van der Waals surface area (Å²) in [4.78, 5) is 23.7. The lowest BCUT2D eigenvalue weighted by Crippen LogP contribution is -2.48. The molecular formula is C21H30ClN5OS. The van der Waals surface area contributed by atoms with Crippen molar-refractivity contribution in [3.63, 3.8) is 0 Å². The molecule has 2 aliphatic rings. The number of thiazole rings is 1. The molecule has 2 fully saturated rings. The van der Waals surface area contributed by atoms with Gasteiger partial charge in [-0.1, -0.05) is 30.3 Å². The van der Waals surface area contributed by atoms with Gasteiger partial charge in [0.1, 0.15) is 6.04 Å². The summed E-state index contributed by atoms with van der Waals surface area (Å²) in [6.07, 6.45) is 4.23. The molecular weight excluding hydrogens is 406 g/mol. The Morgan fingerprint density at radius 1 is 1.17 bits per heavy atom. The summed E-state index contributed by atoms with van der Waals surface area (Å²) in [7, 11) is 2.13. The van der Waals surface area contributed by atoms with E-state index in [1.54, 1.807) is 11.3 Å². The van der Waals surface area contributed by atoms with Crippen molar-refractivity contribution >= 4 is 34.8 Å². The maximum atomic E-state index is 13.3. The number of aromatic nitrogens is 1. The van der Waals surface area contributed by atoms with Gasteiger partial charge in [-0.25, -0.2) is 4.98 Å². The van der Waals surface area contributed by atoms with Crippen LogP contribution in [0.1, 0.15) is 35.2 Å². The monoisotopic (exact) mass is 435 g/mol. The Hall–Kier alpha value is -1.51. The molecule has 0 spiro atoms. The summed E-state index contributed by atoms with van der Waals surface area (Å²) in [6.45, 7) is 5.86. The lowest BCUT2D eigenvalue weighted by molar-refractivity contribution is -0.122. The van der Waals surface area contributed by atoms with Crippen LogP contribution in [0.2, 0.25) is 0 Å². The number of amides is 1. The van der Waals surface area contributed by atoms with E-state index in [1.165, 1.54) is 4.88 Å². The number of nitrogens with zero attached hydrogens (tertiary/aromatic N) is 3. The number of piperazine rings is 1. The van der Waals surface area contributed by atoms with E-state index >= 15 is 0 Å². The number of carbonyl (C=O) groups excluding carboxylic acids is 1. The minimum absolute atomic E-state index is 0. The number of halogens is 1. The third kappa shape index (κ3) is 5.55. The number of hydrogen-bond donors (Lipinski definition) is 2. The summed E-state index contributed by atoms with van der Waals surface area (Å²) in [5.41, 5.74) is 1.04. The number of anilines is 1. The molecule has 0 saturated carbocycles. The third-order valence-electron chi connectivity index (χ3n) is 5.76. The summed E-state index contributed by atoms with van der Waals surface area (Å²) in [5.74, 6) is 0.578. The zero-order valence-corrected chi connectivity index (χ0v) is 18.5. The van der Waals surface area contributed by atoms with Gasteiger partial charge < -0.3 is 15.5 Å². The molecule has 2 aliphatic heterocycles. The lowest BCUT2D eigenvalue weighted by Gasteiger charge is -2.37. The van der Waals surface area contributed by atoms with Crippen molar-refractivity contribution < 1.29 is 4.79 Å². The fourth-order valence-electron chi connectivity index (χ4n) is 4.06. The number of hydrogen-bond acceptors (Lipinski definition) is 6. The first-order chi connectivity index (χ1) is 13.7. The second-order valence-electron chi connectivity index (χ2n) is 7.73. The van der Waals surface area contributed by atoms with E-state index in [0.29, 0.717) is 11.0 Å². The molecule has 158 valence electrons. The Balaban J connectivity index is 0.00000240. The minimum Gasteiger partial charge on any atom is -0.317 e. The molecule has 0 radical (unpaired) electrons. The number of piperidine rings is 1. The topological polar surface area (TPSA) is 60.5 Å². The average Bonchev–Trinajstić information content (AvgIpc) is 3.20. The molecule has 29 heavy (non-hydrogen) atoms. The van der Waals surface area contributed by atoms with Gasteiger partial charge in [-0.3, -0.25) is 9.69 Å². The maximum Gasteiger partial charge on any atom is 0.248 e. The number of rotatable bonds is 5. The van der Waals surface area contributed by atoms with Crippen molar-refractivity contribution in [1.29, 1.82) is 0 Å². The van der Waals surface area contributed by atoms with Crippen LogP contribution in [0.3, 0.4) is 0 Å². The zero-order chi connectivity index (χ0) is 19.3. The number of carbonyl (C=O) groups is 1. The maximum absolute atomic E-state index is 13.3. The van der Waals surface area contributed by atoms with Crippen molar-refractivity contribution in [3.8, 4) is 0 Å².